The summed E-state index contributed by atoms with van der Waals surface area (Å²) in [6.07, 6.45) is 4.75. The molecule has 110 valence electrons. The third-order valence-electron chi connectivity index (χ3n) is 3.58. The predicted molar refractivity (Wildman–Crippen MR) is 86.6 cm³/mol. The molecule has 0 aromatic carbocycles. The van der Waals surface area contributed by atoms with E-state index in [2.05, 4.69) is 58.1 Å². The van der Waals surface area contributed by atoms with Crippen LogP contribution in [-0.4, -0.2) is 49.1 Å². The van der Waals surface area contributed by atoms with Crippen molar-refractivity contribution in [1.82, 2.24) is 10.2 Å². The summed E-state index contributed by atoms with van der Waals surface area (Å²) in [5, 5.41) is 3.62. The van der Waals surface area contributed by atoms with Gasteiger partial charge in [0, 0.05) is 30.9 Å². The van der Waals surface area contributed by atoms with Crippen molar-refractivity contribution in [2.75, 3.05) is 32.1 Å². The first-order valence-corrected chi connectivity index (χ1v) is 8.66. The minimum atomic E-state index is 0.389. The molecule has 0 saturated carbocycles. The zero-order valence-corrected chi connectivity index (χ0v) is 14.4. The lowest BCUT2D eigenvalue weighted by atomic mass is 9.84. The number of thioether (sulfide) groups is 1. The van der Waals surface area contributed by atoms with Crippen molar-refractivity contribution in [3.8, 4) is 0 Å². The van der Waals surface area contributed by atoms with Crippen LogP contribution in [0.3, 0.4) is 0 Å². The van der Waals surface area contributed by atoms with Gasteiger partial charge in [0.05, 0.1) is 0 Å². The standard InChI is InChI=1S/C15H34N2S/c1-8-9-15(5,11-16-13(2)3)12-17(6)14(4)10-18-7/h13-14,16H,8-12H2,1-7H3. The highest BCUT2D eigenvalue weighted by atomic mass is 32.2. The molecule has 0 aliphatic carbocycles. The van der Waals surface area contributed by atoms with E-state index in [0.29, 0.717) is 17.5 Å². The zero-order valence-electron chi connectivity index (χ0n) is 13.5. The van der Waals surface area contributed by atoms with Crippen LogP contribution in [0.1, 0.15) is 47.5 Å². The van der Waals surface area contributed by atoms with Crippen LogP contribution in [0.25, 0.3) is 0 Å². The van der Waals surface area contributed by atoms with Gasteiger partial charge in [-0.15, -0.1) is 0 Å². The molecule has 0 aliphatic heterocycles. The fourth-order valence-electron chi connectivity index (χ4n) is 2.40. The first-order valence-electron chi connectivity index (χ1n) is 7.27. The summed E-state index contributed by atoms with van der Waals surface area (Å²) in [5.41, 5.74) is 0.389. The normalized spacial score (nSPS) is 17.2. The molecule has 2 atom stereocenters. The Morgan fingerprint density at radius 1 is 1.28 bits per heavy atom. The second-order valence-electron chi connectivity index (χ2n) is 6.32. The van der Waals surface area contributed by atoms with Gasteiger partial charge in [-0.2, -0.15) is 11.8 Å². The van der Waals surface area contributed by atoms with Crippen molar-refractivity contribution >= 4 is 11.8 Å². The molecule has 0 aromatic rings. The van der Waals surface area contributed by atoms with Gasteiger partial charge in [0.25, 0.3) is 0 Å². The van der Waals surface area contributed by atoms with Crippen molar-refractivity contribution < 1.29 is 0 Å². The Labute approximate surface area is 119 Å². The minimum Gasteiger partial charge on any atom is -0.314 e. The van der Waals surface area contributed by atoms with Crippen LogP contribution in [0.2, 0.25) is 0 Å². The van der Waals surface area contributed by atoms with Gasteiger partial charge in [-0.05, 0) is 32.1 Å². The Hall–Kier alpha value is 0.270. The average molecular weight is 275 g/mol. The van der Waals surface area contributed by atoms with Crippen molar-refractivity contribution in [3.63, 3.8) is 0 Å². The van der Waals surface area contributed by atoms with Crippen LogP contribution in [0.5, 0.6) is 0 Å². The highest BCUT2D eigenvalue weighted by molar-refractivity contribution is 7.98. The molecule has 0 aliphatic rings. The van der Waals surface area contributed by atoms with Crippen molar-refractivity contribution in [3.05, 3.63) is 0 Å². The van der Waals surface area contributed by atoms with Crippen LogP contribution in [-0.2, 0) is 0 Å². The molecular weight excluding hydrogens is 240 g/mol. The summed E-state index contributed by atoms with van der Waals surface area (Å²) in [7, 11) is 2.27. The Bertz CT molecular complexity index is 209. The van der Waals surface area contributed by atoms with E-state index in [1.165, 1.54) is 25.1 Å². The molecule has 2 nitrogen and oxygen atoms in total. The van der Waals surface area contributed by atoms with Crippen molar-refractivity contribution in [2.45, 2.75) is 59.5 Å². The van der Waals surface area contributed by atoms with E-state index < -0.39 is 0 Å². The van der Waals surface area contributed by atoms with Crippen LogP contribution in [0.15, 0.2) is 0 Å². The number of hydrogen-bond donors (Lipinski definition) is 1. The Balaban J connectivity index is 4.39. The van der Waals surface area contributed by atoms with Crippen LogP contribution < -0.4 is 5.32 Å². The molecule has 0 saturated heterocycles. The van der Waals surface area contributed by atoms with Crippen LogP contribution in [0.4, 0.5) is 0 Å². The molecule has 18 heavy (non-hydrogen) atoms. The van der Waals surface area contributed by atoms with Gasteiger partial charge in [0.1, 0.15) is 0 Å². The molecule has 1 N–H and O–H groups in total. The number of nitrogens with one attached hydrogen (secondary N) is 1. The summed E-state index contributed by atoms with van der Waals surface area (Å²) < 4.78 is 0. The van der Waals surface area contributed by atoms with Crippen LogP contribution >= 0.6 is 11.8 Å². The number of hydrogen-bond acceptors (Lipinski definition) is 3. The SMILES string of the molecule is CCCC(C)(CNC(C)C)CN(C)C(C)CSC. The van der Waals surface area contributed by atoms with E-state index >= 15 is 0 Å². The molecule has 0 heterocycles. The average Bonchev–Trinajstić information content (AvgIpc) is 2.27. The molecule has 3 heteroatoms. The van der Waals surface area contributed by atoms with E-state index in [1.54, 1.807) is 0 Å². The van der Waals surface area contributed by atoms with Gasteiger partial charge in [0.15, 0.2) is 0 Å². The summed E-state index contributed by atoms with van der Waals surface area (Å²) in [4.78, 5) is 2.52. The second-order valence-corrected chi connectivity index (χ2v) is 7.23. The summed E-state index contributed by atoms with van der Waals surface area (Å²) in [6.45, 7) is 13.8. The van der Waals surface area contributed by atoms with Gasteiger partial charge in [-0.3, -0.25) is 0 Å². The first kappa shape index (κ1) is 18.3. The highest BCUT2D eigenvalue weighted by Crippen LogP contribution is 2.25. The van der Waals surface area contributed by atoms with E-state index in [1.807, 2.05) is 11.8 Å². The fraction of sp³-hybridized carbons (Fsp3) is 1.00. The molecule has 0 radical (unpaired) electrons. The lowest BCUT2D eigenvalue weighted by Gasteiger charge is -2.37. The topological polar surface area (TPSA) is 15.3 Å². The maximum Gasteiger partial charge on any atom is 0.0155 e. The third kappa shape index (κ3) is 7.65. The maximum absolute atomic E-state index is 3.62. The summed E-state index contributed by atoms with van der Waals surface area (Å²) in [5.74, 6) is 1.22. The van der Waals surface area contributed by atoms with Gasteiger partial charge < -0.3 is 10.2 Å². The Morgan fingerprint density at radius 2 is 1.89 bits per heavy atom. The lowest BCUT2D eigenvalue weighted by molar-refractivity contribution is 0.147. The molecule has 0 amide bonds. The molecule has 0 fully saturated rings. The Morgan fingerprint density at radius 3 is 2.33 bits per heavy atom. The quantitative estimate of drug-likeness (QED) is 0.656. The molecule has 2 unspecified atom stereocenters. The summed E-state index contributed by atoms with van der Waals surface area (Å²) >= 11 is 1.94. The second kappa shape index (κ2) is 9.22. The smallest absolute Gasteiger partial charge is 0.0155 e. The van der Waals surface area contributed by atoms with Gasteiger partial charge >= 0.3 is 0 Å². The van der Waals surface area contributed by atoms with E-state index in [0.717, 1.165) is 6.54 Å². The van der Waals surface area contributed by atoms with Crippen LogP contribution in [0, 0.1) is 5.41 Å². The monoisotopic (exact) mass is 274 g/mol. The largest absolute Gasteiger partial charge is 0.314 e. The lowest BCUT2D eigenvalue weighted by Crippen LogP contribution is -2.45. The number of nitrogens with zero attached hydrogens (tertiary/aromatic N) is 1. The van der Waals surface area contributed by atoms with E-state index in [-0.39, 0.29) is 0 Å². The minimum absolute atomic E-state index is 0.389. The fourth-order valence-corrected chi connectivity index (χ4v) is 3.14. The highest BCUT2D eigenvalue weighted by Gasteiger charge is 2.26. The van der Waals surface area contributed by atoms with Crippen molar-refractivity contribution in [1.29, 1.82) is 0 Å². The van der Waals surface area contributed by atoms with E-state index in [9.17, 15) is 0 Å². The third-order valence-corrected chi connectivity index (χ3v) is 4.40. The predicted octanol–water partition coefficient (Wildman–Crippen LogP) is 3.47. The van der Waals surface area contributed by atoms with Gasteiger partial charge in [-0.25, -0.2) is 0 Å². The van der Waals surface area contributed by atoms with Crippen molar-refractivity contribution in [2.24, 2.45) is 5.41 Å². The number of rotatable bonds is 10. The Kier molecular flexibility index (Phi) is 9.36. The maximum atomic E-state index is 3.62. The molecule has 0 spiro atoms. The first-order chi connectivity index (χ1) is 8.34. The zero-order chi connectivity index (χ0) is 14.2. The van der Waals surface area contributed by atoms with Gasteiger partial charge in [-0.1, -0.05) is 34.1 Å². The molecular formula is C15H34N2S. The molecule has 0 aromatic heterocycles. The molecule has 0 bridgehead atoms. The molecule has 0 rings (SSSR count). The van der Waals surface area contributed by atoms with Gasteiger partial charge in [0.2, 0.25) is 0 Å². The van der Waals surface area contributed by atoms with E-state index in [4.69, 9.17) is 0 Å². The summed E-state index contributed by atoms with van der Waals surface area (Å²) in [6, 6.07) is 1.24.